The molecule has 2 heterocycles. The molecule has 0 saturated carbocycles. The monoisotopic (exact) mass is 410 g/mol. The van der Waals surface area contributed by atoms with Gasteiger partial charge >= 0.3 is 0 Å². The Bertz CT molecular complexity index is 788. The second-order valence-electron chi connectivity index (χ2n) is 8.25. The maximum absolute atomic E-state index is 4.75. The van der Waals surface area contributed by atoms with Gasteiger partial charge in [0.25, 0.3) is 0 Å². The largest absolute Gasteiger partial charge is 0.356 e. The van der Waals surface area contributed by atoms with Gasteiger partial charge in [-0.15, -0.1) is 0 Å². The number of rotatable bonds is 8. The lowest BCUT2D eigenvalue weighted by atomic mass is 10.2. The van der Waals surface area contributed by atoms with E-state index >= 15 is 0 Å². The summed E-state index contributed by atoms with van der Waals surface area (Å²) >= 11 is 0. The van der Waals surface area contributed by atoms with Gasteiger partial charge in [0.1, 0.15) is 0 Å². The first-order valence-corrected chi connectivity index (χ1v) is 11.4. The van der Waals surface area contributed by atoms with Crippen LogP contribution in [0.2, 0.25) is 0 Å². The second-order valence-corrected chi connectivity index (χ2v) is 8.25. The van der Waals surface area contributed by atoms with Crippen molar-refractivity contribution < 1.29 is 0 Å². The van der Waals surface area contributed by atoms with Crippen molar-refractivity contribution in [3.05, 3.63) is 52.8 Å². The molecule has 0 amide bonds. The van der Waals surface area contributed by atoms with E-state index in [0.29, 0.717) is 0 Å². The molecule has 1 aromatic carbocycles. The molecule has 2 aromatic rings. The molecular weight excluding hydrogens is 372 g/mol. The van der Waals surface area contributed by atoms with Gasteiger partial charge in [0, 0.05) is 31.4 Å². The van der Waals surface area contributed by atoms with Crippen LogP contribution in [-0.2, 0) is 13.1 Å². The standard InChI is InChI=1S/C24H38N6/c1-20-23(21(2)30(28-20)19-22-12-7-6-8-13-22)18-27-24(25-3)26-14-11-17-29-15-9-4-5-10-16-29/h6-8,12-13H,4-5,9-11,14-19H2,1-3H3,(H2,25,26,27). The number of guanidine groups is 1. The summed E-state index contributed by atoms with van der Waals surface area (Å²) in [6, 6.07) is 10.5. The molecular formula is C24H38N6. The Balaban J connectivity index is 1.45. The molecule has 0 spiro atoms. The zero-order valence-corrected chi connectivity index (χ0v) is 19.0. The molecule has 164 valence electrons. The minimum atomic E-state index is 0.734. The summed E-state index contributed by atoms with van der Waals surface area (Å²) in [4.78, 5) is 7.00. The van der Waals surface area contributed by atoms with Crippen molar-refractivity contribution in [2.45, 2.75) is 59.0 Å². The fourth-order valence-electron chi connectivity index (χ4n) is 4.16. The van der Waals surface area contributed by atoms with Crippen LogP contribution in [0.5, 0.6) is 0 Å². The third-order valence-electron chi connectivity index (χ3n) is 6.00. The molecule has 0 atom stereocenters. The minimum Gasteiger partial charge on any atom is -0.356 e. The highest BCUT2D eigenvalue weighted by atomic mass is 15.3. The third kappa shape index (κ3) is 6.59. The topological polar surface area (TPSA) is 57.5 Å². The van der Waals surface area contributed by atoms with Crippen LogP contribution in [0.15, 0.2) is 35.3 Å². The summed E-state index contributed by atoms with van der Waals surface area (Å²) in [6.45, 7) is 10.4. The van der Waals surface area contributed by atoms with Crippen LogP contribution in [0.25, 0.3) is 0 Å². The lowest BCUT2D eigenvalue weighted by Crippen LogP contribution is -2.38. The Kier molecular flexibility index (Phi) is 8.75. The smallest absolute Gasteiger partial charge is 0.191 e. The number of aryl methyl sites for hydroxylation is 1. The number of likely N-dealkylation sites (tertiary alicyclic amines) is 1. The fraction of sp³-hybridized carbons (Fsp3) is 0.583. The number of benzene rings is 1. The summed E-state index contributed by atoms with van der Waals surface area (Å²) in [5.41, 5.74) is 4.80. The molecule has 0 radical (unpaired) electrons. The maximum atomic E-state index is 4.75. The van der Waals surface area contributed by atoms with Gasteiger partial charge in [-0.2, -0.15) is 5.10 Å². The lowest BCUT2D eigenvalue weighted by molar-refractivity contribution is 0.282. The first-order chi connectivity index (χ1) is 14.7. The fourth-order valence-corrected chi connectivity index (χ4v) is 4.16. The SMILES string of the molecule is CN=C(NCCCN1CCCCCC1)NCc1c(C)nn(Cc2ccccc2)c1C. The zero-order valence-electron chi connectivity index (χ0n) is 19.0. The highest BCUT2D eigenvalue weighted by Gasteiger charge is 2.12. The van der Waals surface area contributed by atoms with Crippen LogP contribution in [0.4, 0.5) is 0 Å². The van der Waals surface area contributed by atoms with E-state index in [9.17, 15) is 0 Å². The molecule has 1 aliphatic heterocycles. The molecule has 6 heteroatoms. The van der Waals surface area contributed by atoms with Gasteiger partial charge in [-0.25, -0.2) is 0 Å². The Morgan fingerprint density at radius 1 is 1.03 bits per heavy atom. The Labute approximate surface area is 181 Å². The highest BCUT2D eigenvalue weighted by molar-refractivity contribution is 5.79. The number of hydrogen-bond donors (Lipinski definition) is 2. The van der Waals surface area contributed by atoms with E-state index in [4.69, 9.17) is 5.10 Å². The van der Waals surface area contributed by atoms with E-state index in [1.54, 1.807) is 0 Å². The normalized spacial score (nSPS) is 15.8. The van der Waals surface area contributed by atoms with Gasteiger partial charge in [0.05, 0.1) is 12.2 Å². The predicted molar refractivity (Wildman–Crippen MR) is 125 cm³/mol. The third-order valence-corrected chi connectivity index (χ3v) is 6.00. The molecule has 0 bridgehead atoms. The number of nitrogens with zero attached hydrogens (tertiary/aromatic N) is 4. The van der Waals surface area contributed by atoms with Crippen molar-refractivity contribution in [1.82, 2.24) is 25.3 Å². The van der Waals surface area contributed by atoms with Crippen LogP contribution in [0.3, 0.4) is 0 Å². The number of nitrogens with one attached hydrogen (secondary N) is 2. The van der Waals surface area contributed by atoms with E-state index < -0.39 is 0 Å². The summed E-state index contributed by atoms with van der Waals surface area (Å²) in [5, 5.41) is 11.7. The van der Waals surface area contributed by atoms with Crippen LogP contribution < -0.4 is 10.6 Å². The molecule has 1 aromatic heterocycles. The quantitative estimate of drug-likeness (QED) is 0.397. The van der Waals surface area contributed by atoms with Gasteiger partial charge in [-0.1, -0.05) is 43.2 Å². The first-order valence-electron chi connectivity index (χ1n) is 11.4. The second kappa shape index (κ2) is 11.7. The zero-order chi connectivity index (χ0) is 21.2. The van der Waals surface area contributed by atoms with Gasteiger partial charge in [0.2, 0.25) is 0 Å². The van der Waals surface area contributed by atoms with Crippen LogP contribution >= 0.6 is 0 Å². The molecule has 1 aliphatic rings. The summed E-state index contributed by atoms with van der Waals surface area (Å²) in [5.74, 6) is 0.862. The van der Waals surface area contributed by atoms with Crippen molar-refractivity contribution in [3.63, 3.8) is 0 Å². The Morgan fingerprint density at radius 3 is 2.47 bits per heavy atom. The number of aliphatic imine (C=N–C) groups is 1. The minimum absolute atomic E-state index is 0.734. The maximum Gasteiger partial charge on any atom is 0.191 e. The molecule has 1 fully saturated rings. The molecule has 30 heavy (non-hydrogen) atoms. The van der Waals surface area contributed by atoms with E-state index in [1.807, 2.05) is 13.1 Å². The molecule has 0 aliphatic carbocycles. The summed E-state index contributed by atoms with van der Waals surface area (Å²) < 4.78 is 2.10. The number of hydrogen-bond acceptors (Lipinski definition) is 3. The highest BCUT2D eigenvalue weighted by Crippen LogP contribution is 2.14. The van der Waals surface area contributed by atoms with E-state index in [0.717, 1.165) is 37.7 Å². The van der Waals surface area contributed by atoms with Crippen molar-refractivity contribution in [2.24, 2.45) is 4.99 Å². The molecule has 6 nitrogen and oxygen atoms in total. The summed E-state index contributed by atoms with van der Waals surface area (Å²) in [7, 11) is 1.84. The molecule has 0 unspecified atom stereocenters. The van der Waals surface area contributed by atoms with Crippen LogP contribution in [0.1, 0.15) is 54.6 Å². The predicted octanol–water partition coefficient (Wildman–Crippen LogP) is 3.48. The van der Waals surface area contributed by atoms with Crippen LogP contribution in [-0.4, -0.2) is 53.9 Å². The summed E-state index contributed by atoms with van der Waals surface area (Å²) in [6.07, 6.45) is 6.65. The average Bonchev–Trinajstić information content (AvgIpc) is 2.94. The first kappa shape index (κ1) is 22.3. The molecule has 1 saturated heterocycles. The Hall–Kier alpha value is -2.34. The average molecular weight is 411 g/mol. The van der Waals surface area contributed by atoms with E-state index in [1.165, 1.54) is 62.1 Å². The van der Waals surface area contributed by atoms with Gasteiger partial charge in [-0.05, 0) is 58.3 Å². The van der Waals surface area contributed by atoms with Crippen molar-refractivity contribution >= 4 is 5.96 Å². The van der Waals surface area contributed by atoms with Gasteiger partial charge in [-0.3, -0.25) is 9.67 Å². The Morgan fingerprint density at radius 2 is 1.77 bits per heavy atom. The van der Waals surface area contributed by atoms with E-state index in [2.05, 4.69) is 63.3 Å². The molecule has 2 N–H and O–H groups in total. The van der Waals surface area contributed by atoms with Crippen LogP contribution in [0, 0.1) is 13.8 Å². The van der Waals surface area contributed by atoms with Gasteiger partial charge < -0.3 is 15.5 Å². The van der Waals surface area contributed by atoms with Crippen molar-refractivity contribution in [3.8, 4) is 0 Å². The number of aromatic nitrogens is 2. The van der Waals surface area contributed by atoms with Crippen molar-refractivity contribution in [1.29, 1.82) is 0 Å². The molecule has 3 rings (SSSR count). The van der Waals surface area contributed by atoms with Crippen molar-refractivity contribution in [2.75, 3.05) is 33.2 Å². The van der Waals surface area contributed by atoms with E-state index in [-0.39, 0.29) is 0 Å². The van der Waals surface area contributed by atoms with Gasteiger partial charge in [0.15, 0.2) is 5.96 Å². The lowest BCUT2D eigenvalue weighted by Gasteiger charge is -2.20.